The average molecular weight is 476 g/mol. The first-order valence-electron chi connectivity index (χ1n) is 12.0. The number of benzene rings is 1. The van der Waals surface area contributed by atoms with Gasteiger partial charge in [-0.25, -0.2) is 14.2 Å². The molecule has 8 heteroatoms. The summed E-state index contributed by atoms with van der Waals surface area (Å²) in [5, 5.41) is 12.0. The van der Waals surface area contributed by atoms with Crippen molar-refractivity contribution in [2.24, 2.45) is 4.99 Å². The van der Waals surface area contributed by atoms with Crippen LogP contribution in [-0.4, -0.2) is 32.4 Å². The number of nitrogens with zero attached hydrogens (tertiary/aromatic N) is 3. The molecule has 1 N–H and O–H groups in total. The highest BCUT2D eigenvalue weighted by Gasteiger charge is 2.45. The zero-order chi connectivity index (χ0) is 24.8. The minimum atomic E-state index is -1.89. The fourth-order valence-electron chi connectivity index (χ4n) is 5.83. The molecular formula is C27H26FN3O4. The first-order chi connectivity index (χ1) is 16.7. The third kappa shape index (κ3) is 2.86. The van der Waals surface area contributed by atoms with Crippen LogP contribution in [0.1, 0.15) is 67.0 Å². The van der Waals surface area contributed by atoms with Crippen molar-refractivity contribution in [3.05, 3.63) is 61.7 Å². The Morgan fingerprint density at radius 2 is 2.00 bits per heavy atom. The number of carbonyl (C=O) groups excluding carboxylic acids is 1. The molecule has 0 amide bonds. The van der Waals surface area contributed by atoms with Crippen LogP contribution in [0.5, 0.6) is 0 Å². The normalized spacial score (nSPS) is 21.3. The molecule has 3 aliphatic rings. The summed E-state index contributed by atoms with van der Waals surface area (Å²) < 4.78 is 21.7. The van der Waals surface area contributed by atoms with Crippen LogP contribution in [0.3, 0.4) is 0 Å². The number of carbonyl (C=O) groups is 1. The van der Waals surface area contributed by atoms with Gasteiger partial charge >= 0.3 is 5.97 Å². The molecule has 2 aromatic heterocycles. The molecule has 0 saturated heterocycles. The molecule has 0 bridgehead atoms. The van der Waals surface area contributed by atoms with E-state index in [9.17, 15) is 19.1 Å². The number of ether oxygens (including phenoxy) is 1. The predicted octanol–water partition coefficient (Wildman–Crippen LogP) is 3.67. The number of hydrogen-bond acceptors (Lipinski definition) is 6. The molecule has 1 atom stereocenters. The van der Waals surface area contributed by atoms with Crippen molar-refractivity contribution in [3.63, 3.8) is 0 Å². The van der Waals surface area contributed by atoms with Gasteiger partial charge in [0.15, 0.2) is 5.60 Å². The van der Waals surface area contributed by atoms with Crippen LogP contribution >= 0.6 is 0 Å². The van der Waals surface area contributed by atoms with Gasteiger partial charge in [-0.3, -0.25) is 9.79 Å². The lowest BCUT2D eigenvalue weighted by atomic mass is 9.83. The Hall–Kier alpha value is -3.39. The molecule has 3 aromatic rings. The molecule has 0 fully saturated rings. The summed E-state index contributed by atoms with van der Waals surface area (Å²) in [6.07, 6.45) is 1.44. The van der Waals surface area contributed by atoms with Crippen molar-refractivity contribution in [2.45, 2.75) is 71.8 Å². The average Bonchev–Trinajstić information content (AvgIpc) is 3.19. The summed E-state index contributed by atoms with van der Waals surface area (Å²) >= 11 is 0. The molecule has 7 nitrogen and oxygen atoms in total. The third-order valence-electron chi connectivity index (χ3n) is 7.62. The van der Waals surface area contributed by atoms with E-state index in [0.29, 0.717) is 41.9 Å². The van der Waals surface area contributed by atoms with Crippen molar-refractivity contribution < 1.29 is 19.0 Å². The smallest absolute Gasteiger partial charge is 0.343 e. The number of halogens is 1. The summed E-state index contributed by atoms with van der Waals surface area (Å²) in [5.41, 5.74) is 4.25. The van der Waals surface area contributed by atoms with E-state index in [0.717, 1.165) is 27.8 Å². The largest absolute Gasteiger partial charge is 0.458 e. The Bertz CT molecular complexity index is 1570. The highest BCUT2D eigenvalue weighted by atomic mass is 19.1. The Kier molecular flexibility index (Phi) is 4.61. The summed E-state index contributed by atoms with van der Waals surface area (Å²) in [7, 11) is 0. The van der Waals surface area contributed by atoms with Crippen LogP contribution < -0.4 is 5.56 Å². The number of hydrogen-bond donors (Lipinski definition) is 1. The third-order valence-corrected chi connectivity index (χ3v) is 7.62. The number of pyridine rings is 2. The maximum absolute atomic E-state index is 14.9. The molecule has 180 valence electrons. The lowest BCUT2D eigenvalue weighted by Gasteiger charge is -2.31. The van der Waals surface area contributed by atoms with Crippen LogP contribution in [0.15, 0.2) is 21.9 Å². The fourth-order valence-corrected chi connectivity index (χ4v) is 5.83. The van der Waals surface area contributed by atoms with Gasteiger partial charge in [0, 0.05) is 39.9 Å². The molecule has 6 rings (SSSR count). The van der Waals surface area contributed by atoms with Gasteiger partial charge in [-0.15, -0.1) is 0 Å². The van der Waals surface area contributed by atoms with Gasteiger partial charge in [0.05, 0.1) is 29.0 Å². The lowest BCUT2D eigenvalue weighted by Crippen LogP contribution is -2.44. The number of rotatable bonds is 2. The summed E-state index contributed by atoms with van der Waals surface area (Å²) in [5.74, 6) is -1.07. The van der Waals surface area contributed by atoms with Gasteiger partial charge in [-0.05, 0) is 57.2 Å². The second kappa shape index (κ2) is 7.31. The zero-order valence-electron chi connectivity index (χ0n) is 20.2. The number of esters is 1. The lowest BCUT2D eigenvalue weighted by molar-refractivity contribution is -0.172. The maximum Gasteiger partial charge on any atom is 0.343 e. The van der Waals surface area contributed by atoms with E-state index in [1.165, 1.54) is 6.07 Å². The highest BCUT2D eigenvalue weighted by Crippen LogP contribution is 2.43. The van der Waals surface area contributed by atoms with Crippen LogP contribution in [0.2, 0.25) is 0 Å². The molecule has 2 aliphatic heterocycles. The fraction of sp³-hybridized carbons (Fsp3) is 0.407. The van der Waals surface area contributed by atoms with E-state index in [-0.39, 0.29) is 41.6 Å². The second-order valence-corrected chi connectivity index (χ2v) is 9.94. The van der Waals surface area contributed by atoms with Gasteiger partial charge in [-0.2, -0.15) is 0 Å². The Morgan fingerprint density at radius 1 is 1.23 bits per heavy atom. The van der Waals surface area contributed by atoms with Gasteiger partial charge in [-0.1, -0.05) is 6.92 Å². The van der Waals surface area contributed by atoms with Crippen molar-refractivity contribution in [1.29, 1.82) is 0 Å². The number of cyclic esters (lactones) is 1. The summed E-state index contributed by atoms with van der Waals surface area (Å²) in [6.45, 7) is 7.62. The maximum atomic E-state index is 14.9. The van der Waals surface area contributed by atoms with Crippen LogP contribution in [-0.2, 0) is 34.7 Å². The predicted molar refractivity (Wildman–Crippen MR) is 129 cm³/mol. The zero-order valence-corrected chi connectivity index (χ0v) is 20.2. The van der Waals surface area contributed by atoms with Crippen LogP contribution in [0.25, 0.3) is 22.3 Å². The molecule has 0 radical (unpaired) electrons. The van der Waals surface area contributed by atoms with Crippen molar-refractivity contribution in [2.75, 3.05) is 0 Å². The van der Waals surface area contributed by atoms with E-state index in [1.807, 2.05) is 13.8 Å². The van der Waals surface area contributed by atoms with Crippen LogP contribution in [0.4, 0.5) is 4.39 Å². The SMILES string of the molecule is CC[C@@]1(O)C(=O)OCc2c1cc1n(c2=O)Cc2c-1nc1cc(F)c(C)c3c1c2C(=NC(C)C)CC3. The van der Waals surface area contributed by atoms with Crippen molar-refractivity contribution in [3.8, 4) is 11.4 Å². The minimum Gasteiger partial charge on any atom is -0.458 e. The van der Waals surface area contributed by atoms with Crippen molar-refractivity contribution >= 4 is 22.6 Å². The number of aryl methyl sites for hydroxylation is 1. The molecule has 1 aliphatic carbocycles. The standard InChI is InChI=1S/C27H26FN3O4/c1-5-27(34)17-8-21-24-15(10-31(21)25(32)16(17)11-35-26(27)33)23-19(29-12(2)3)7-6-14-13(4)18(28)9-20(30-24)22(14)23/h8-9,12,34H,5-7,10-11H2,1-4H3/t27-/m0/s1. The molecule has 35 heavy (non-hydrogen) atoms. The first-order valence-corrected chi connectivity index (χ1v) is 12.0. The molecule has 0 saturated carbocycles. The Balaban J connectivity index is 1.71. The molecule has 4 heterocycles. The van der Waals surface area contributed by atoms with Crippen molar-refractivity contribution in [1.82, 2.24) is 9.55 Å². The van der Waals surface area contributed by atoms with E-state index in [1.54, 1.807) is 24.5 Å². The van der Waals surface area contributed by atoms with Gasteiger partial charge in [0.2, 0.25) is 0 Å². The Labute approximate surface area is 201 Å². The molecule has 0 unspecified atom stereocenters. The Morgan fingerprint density at radius 3 is 2.71 bits per heavy atom. The minimum absolute atomic E-state index is 0.0734. The quantitative estimate of drug-likeness (QED) is 0.447. The highest BCUT2D eigenvalue weighted by molar-refractivity contribution is 6.15. The van der Waals surface area contributed by atoms with Gasteiger partial charge in [0.25, 0.3) is 5.56 Å². The van der Waals surface area contributed by atoms with Gasteiger partial charge in [0.1, 0.15) is 12.4 Å². The second-order valence-electron chi connectivity index (χ2n) is 9.94. The van der Waals surface area contributed by atoms with Gasteiger partial charge < -0.3 is 14.4 Å². The molecular weight excluding hydrogens is 449 g/mol. The molecule has 1 aromatic carbocycles. The first kappa shape index (κ1) is 22.1. The van der Waals surface area contributed by atoms with E-state index in [4.69, 9.17) is 14.7 Å². The number of aliphatic hydroxyl groups is 1. The summed E-state index contributed by atoms with van der Waals surface area (Å²) in [4.78, 5) is 35.8. The van der Waals surface area contributed by atoms with E-state index in [2.05, 4.69) is 0 Å². The number of aromatic nitrogens is 2. The summed E-state index contributed by atoms with van der Waals surface area (Å²) in [6, 6.07) is 3.22. The van der Waals surface area contributed by atoms with E-state index < -0.39 is 11.6 Å². The number of fused-ring (bicyclic) bond motifs is 5. The number of aliphatic imine (C=N–C) groups is 1. The molecule has 0 spiro atoms. The monoisotopic (exact) mass is 475 g/mol. The topological polar surface area (TPSA) is 93.8 Å². The van der Waals surface area contributed by atoms with Crippen LogP contribution in [0, 0.1) is 12.7 Å². The van der Waals surface area contributed by atoms with E-state index >= 15 is 0 Å².